The van der Waals surface area contributed by atoms with Crippen molar-refractivity contribution in [3.63, 3.8) is 0 Å². The van der Waals surface area contributed by atoms with E-state index < -0.39 is 20.7 Å². The molecule has 0 spiro atoms. The Morgan fingerprint density at radius 2 is 1.80 bits per heavy atom. The van der Waals surface area contributed by atoms with Crippen molar-refractivity contribution in [1.29, 1.82) is 0 Å². The third-order valence-electron chi connectivity index (χ3n) is 10.3. The second-order valence-electron chi connectivity index (χ2n) is 13.6. The van der Waals surface area contributed by atoms with Crippen LogP contribution < -0.4 is 14.9 Å². The molecule has 46 heavy (non-hydrogen) atoms. The summed E-state index contributed by atoms with van der Waals surface area (Å²) in [4.78, 5) is 20.5. The summed E-state index contributed by atoms with van der Waals surface area (Å²) >= 11 is 14.7. The quantitative estimate of drug-likeness (QED) is 0.186. The minimum atomic E-state index is -3.71. The van der Waals surface area contributed by atoms with Crippen molar-refractivity contribution in [3.05, 3.63) is 62.8 Å². The molecule has 242 valence electrons. The lowest BCUT2D eigenvalue weighted by molar-refractivity contribution is 0.0981. The van der Waals surface area contributed by atoms with E-state index in [1.165, 1.54) is 0 Å². The first-order valence-electron chi connectivity index (χ1n) is 15.9. The molecule has 2 aromatic heterocycles. The highest BCUT2D eigenvalue weighted by atomic mass is 35.5. The Morgan fingerprint density at radius 3 is 2.46 bits per heavy atom. The highest BCUT2D eigenvalue weighted by molar-refractivity contribution is 7.91. The number of nitrogens with zero attached hydrogens (tertiary/aromatic N) is 3. The average Bonchev–Trinajstić information content (AvgIpc) is 3.89. The fourth-order valence-corrected chi connectivity index (χ4v) is 10.2. The van der Waals surface area contributed by atoms with Gasteiger partial charge in [-0.25, -0.2) is 18.1 Å². The molecule has 2 unspecified atom stereocenters. The first kappa shape index (κ1) is 30.6. The molecule has 2 aliphatic carbocycles. The number of aromatic nitrogens is 2. The van der Waals surface area contributed by atoms with Crippen molar-refractivity contribution >= 4 is 65.8 Å². The lowest BCUT2D eigenvalue weighted by Gasteiger charge is -2.39. The summed E-state index contributed by atoms with van der Waals surface area (Å²) in [7, 11) is -3.71. The van der Waals surface area contributed by atoms with Gasteiger partial charge in [-0.2, -0.15) is 0 Å². The van der Waals surface area contributed by atoms with Crippen molar-refractivity contribution in [2.75, 3.05) is 4.90 Å². The number of fused-ring (bicyclic) bond motifs is 3. The van der Waals surface area contributed by atoms with Crippen LogP contribution in [0.5, 0.6) is 0 Å². The molecule has 4 fully saturated rings. The highest BCUT2D eigenvalue weighted by Gasteiger charge is 2.51. The SMILES string of the molecule is Cc1cc(C(=O)NS(=O)(=O)C2(C)CC2)cc2sc(N3C4CCC3CC(NCc3c(-c5c(Cl)cccc5Cl)noc3C3CC3)C4)nc12. The normalized spacial score (nSPS) is 23.7. The minimum Gasteiger partial charge on any atom is -0.360 e. The van der Waals surface area contributed by atoms with E-state index in [-0.39, 0.29) is 0 Å². The minimum absolute atomic E-state index is 0.326. The Balaban J connectivity index is 0.991. The summed E-state index contributed by atoms with van der Waals surface area (Å²) < 4.78 is 33.5. The van der Waals surface area contributed by atoms with E-state index in [0.29, 0.717) is 59.0 Å². The van der Waals surface area contributed by atoms with Crippen molar-refractivity contribution in [1.82, 2.24) is 20.2 Å². The predicted molar refractivity (Wildman–Crippen MR) is 181 cm³/mol. The summed E-state index contributed by atoms with van der Waals surface area (Å²) in [5.41, 5.74) is 4.56. The Morgan fingerprint density at radius 1 is 1.11 bits per heavy atom. The number of halogens is 2. The van der Waals surface area contributed by atoms with E-state index >= 15 is 0 Å². The molecular formula is C33H35Cl2N5O4S2. The molecule has 2 aromatic carbocycles. The number of thiazole rings is 1. The number of amides is 1. The fourth-order valence-electron chi connectivity index (χ4n) is 7.16. The molecule has 9 nitrogen and oxygen atoms in total. The van der Waals surface area contributed by atoms with Crippen LogP contribution in [0.1, 0.15) is 91.5 Å². The monoisotopic (exact) mass is 699 g/mol. The van der Waals surface area contributed by atoms with Gasteiger partial charge in [-0.1, -0.05) is 45.8 Å². The van der Waals surface area contributed by atoms with Gasteiger partial charge in [-0.05, 0) is 95.0 Å². The number of hydrogen-bond acceptors (Lipinski definition) is 9. The number of nitrogens with one attached hydrogen (secondary N) is 2. The largest absolute Gasteiger partial charge is 0.360 e. The maximum absolute atomic E-state index is 13.0. The van der Waals surface area contributed by atoms with E-state index in [9.17, 15) is 13.2 Å². The Bertz CT molecular complexity index is 1950. The lowest BCUT2D eigenvalue weighted by Crippen LogP contribution is -2.49. The predicted octanol–water partition coefficient (Wildman–Crippen LogP) is 7.35. The molecule has 8 rings (SSSR count). The standard InChI is InChI=1S/C33H35Cl2N5O4S2/c1-17-12-19(31(41)39-46(42,43)33(2)10-11-33)13-26-28(17)37-32(45-26)40-21-8-9-22(40)15-20(14-21)36-16-23-29(38-44-30(23)18-6-7-18)27-24(34)4-3-5-25(27)35/h3-5,12-13,18,20-22,36H,6-11,14-16H2,1-2H3,(H,39,41). The van der Waals surface area contributed by atoms with Crippen LogP contribution in [0.3, 0.4) is 0 Å². The van der Waals surface area contributed by atoms with E-state index in [2.05, 4.69) is 20.1 Å². The number of anilines is 1. The zero-order valence-electron chi connectivity index (χ0n) is 25.6. The average molecular weight is 701 g/mol. The smallest absolute Gasteiger partial charge is 0.264 e. The molecule has 2 bridgehead atoms. The van der Waals surface area contributed by atoms with Crippen LogP contribution in [0, 0.1) is 6.92 Å². The number of aryl methyl sites for hydroxylation is 1. The molecule has 4 aromatic rings. The zero-order chi connectivity index (χ0) is 32.0. The molecule has 13 heteroatoms. The number of carbonyl (C=O) groups excluding carboxylic acids is 1. The van der Waals surface area contributed by atoms with Crippen LogP contribution in [0.2, 0.25) is 10.0 Å². The topological polar surface area (TPSA) is 117 Å². The van der Waals surface area contributed by atoms with Gasteiger partial charge >= 0.3 is 0 Å². The second kappa shape index (κ2) is 11.2. The van der Waals surface area contributed by atoms with Gasteiger partial charge < -0.3 is 14.7 Å². The van der Waals surface area contributed by atoms with E-state index in [0.717, 1.165) is 82.0 Å². The molecule has 2 saturated heterocycles. The molecule has 2 atom stereocenters. The van der Waals surface area contributed by atoms with Crippen LogP contribution >= 0.6 is 34.5 Å². The summed E-state index contributed by atoms with van der Waals surface area (Å²) in [5, 5.41) is 10.4. The summed E-state index contributed by atoms with van der Waals surface area (Å²) in [6.45, 7) is 4.23. The Hall–Kier alpha value is -2.70. The van der Waals surface area contributed by atoms with Gasteiger partial charge in [0.05, 0.1) is 25.0 Å². The lowest BCUT2D eigenvalue weighted by atomic mass is 9.97. The molecule has 1 amide bonds. The molecular weight excluding hydrogens is 665 g/mol. The third kappa shape index (κ3) is 5.32. The summed E-state index contributed by atoms with van der Waals surface area (Å²) in [6.07, 6.45) is 7.53. The van der Waals surface area contributed by atoms with Crippen LogP contribution in [0.25, 0.3) is 21.5 Å². The number of piperidine rings is 1. The second-order valence-corrected chi connectivity index (χ2v) is 17.6. The molecule has 2 aliphatic heterocycles. The summed E-state index contributed by atoms with van der Waals surface area (Å²) in [5.74, 6) is 0.756. The van der Waals surface area contributed by atoms with Crippen molar-refractivity contribution in [2.24, 2.45) is 0 Å². The molecule has 2 N–H and O–H groups in total. The maximum Gasteiger partial charge on any atom is 0.264 e. The number of hydrogen-bond donors (Lipinski definition) is 2. The number of rotatable bonds is 9. The number of benzene rings is 2. The highest BCUT2D eigenvalue weighted by Crippen LogP contribution is 2.47. The molecule has 0 radical (unpaired) electrons. The number of carbonyl (C=O) groups is 1. The fraction of sp³-hybridized carbons (Fsp3) is 0.485. The van der Waals surface area contributed by atoms with Crippen LogP contribution in [0.15, 0.2) is 34.9 Å². The van der Waals surface area contributed by atoms with E-state index in [1.54, 1.807) is 30.4 Å². The molecule has 2 saturated carbocycles. The number of sulfonamides is 1. The molecule has 4 heterocycles. The van der Waals surface area contributed by atoms with Crippen LogP contribution in [0.4, 0.5) is 5.13 Å². The van der Waals surface area contributed by atoms with Gasteiger partial charge in [0, 0.05) is 47.3 Å². The van der Waals surface area contributed by atoms with Crippen molar-refractivity contribution in [2.45, 2.75) is 101 Å². The summed E-state index contributed by atoms with van der Waals surface area (Å²) in [6, 6.07) is 10.0. The Labute approximate surface area is 282 Å². The Kier molecular flexibility index (Phi) is 7.45. The first-order valence-corrected chi connectivity index (χ1v) is 19.0. The van der Waals surface area contributed by atoms with Gasteiger partial charge in [0.15, 0.2) is 5.13 Å². The first-order chi connectivity index (χ1) is 22.0. The van der Waals surface area contributed by atoms with Gasteiger partial charge in [-0.3, -0.25) is 4.79 Å². The van der Waals surface area contributed by atoms with E-state index in [4.69, 9.17) is 32.7 Å². The molecule has 4 aliphatic rings. The van der Waals surface area contributed by atoms with Crippen LogP contribution in [-0.4, -0.2) is 47.3 Å². The van der Waals surface area contributed by atoms with Crippen LogP contribution in [-0.2, 0) is 16.6 Å². The maximum atomic E-state index is 13.0. The van der Waals surface area contributed by atoms with Gasteiger partial charge in [0.2, 0.25) is 10.0 Å². The van der Waals surface area contributed by atoms with E-state index in [1.807, 2.05) is 25.1 Å². The third-order valence-corrected chi connectivity index (χ3v) is 14.1. The van der Waals surface area contributed by atoms with Gasteiger partial charge in [0.25, 0.3) is 5.91 Å². The van der Waals surface area contributed by atoms with Crippen molar-refractivity contribution < 1.29 is 17.7 Å². The van der Waals surface area contributed by atoms with Crippen molar-refractivity contribution in [3.8, 4) is 11.3 Å². The van der Waals surface area contributed by atoms with Gasteiger partial charge in [0.1, 0.15) is 11.5 Å². The zero-order valence-corrected chi connectivity index (χ0v) is 28.8. The van der Waals surface area contributed by atoms with Gasteiger partial charge in [-0.15, -0.1) is 0 Å².